The highest BCUT2D eigenvalue weighted by atomic mass is 35.5. The Morgan fingerprint density at radius 3 is 1.89 bits per heavy atom. The molecule has 2 aromatic rings. The molecule has 1 unspecified atom stereocenters. The van der Waals surface area contributed by atoms with Crippen molar-refractivity contribution in [2.45, 2.75) is 44.4 Å². The number of carbonyl (C=O) groups is 1. The Hall–Kier alpha value is -2.01. The quantitative estimate of drug-likeness (QED) is 0.371. The van der Waals surface area contributed by atoms with Crippen molar-refractivity contribution in [3.05, 3.63) is 68.7 Å². The molecule has 0 aromatic heterocycles. The molecule has 2 aromatic carbocycles. The third-order valence-electron chi connectivity index (χ3n) is 5.77. The maximum atomic E-state index is 13.1. The summed E-state index contributed by atoms with van der Waals surface area (Å²) in [5.41, 5.74) is 2.82. The summed E-state index contributed by atoms with van der Waals surface area (Å²) in [5.74, 6) is -1.62. The van der Waals surface area contributed by atoms with Gasteiger partial charge in [0.1, 0.15) is 6.04 Å². The van der Waals surface area contributed by atoms with Gasteiger partial charge in [-0.3, -0.25) is 9.69 Å². The molecule has 0 bridgehead atoms. The first-order valence-corrected chi connectivity index (χ1v) is 11.3. The van der Waals surface area contributed by atoms with Crippen molar-refractivity contribution in [3.63, 3.8) is 0 Å². The first-order chi connectivity index (χ1) is 16.2. The van der Waals surface area contributed by atoms with E-state index in [0.717, 1.165) is 11.1 Å². The summed E-state index contributed by atoms with van der Waals surface area (Å²) >= 11 is 12.2. The summed E-state index contributed by atoms with van der Waals surface area (Å²) in [6, 6.07) is 7.94. The second-order valence-corrected chi connectivity index (χ2v) is 9.14. The highest BCUT2D eigenvalue weighted by Crippen LogP contribution is 2.39. The van der Waals surface area contributed by atoms with Gasteiger partial charge in [0.15, 0.2) is 0 Å². The highest BCUT2D eigenvalue weighted by Gasteiger charge is 2.60. The summed E-state index contributed by atoms with van der Waals surface area (Å²) in [4.78, 5) is 14.4. The van der Waals surface area contributed by atoms with Crippen LogP contribution >= 0.6 is 23.2 Å². The van der Waals surface area contributed by atoms with Gasteiger partial charge in [0.05, 0.1) is 6.04 Å². The number of halogens is 8. The fourth-order valence-corrected chi connectivity index (χ4v) is 4.63. The van der Waals surface area contributed by atoms with Crippen LogP contribution in [0.5, 0.6) is 0 Å². The Morgan fingerprint density at radius 2 is 1.46 bits per heavy atom. The monoisotopic (exact) mass is 542 g/mol. The number of ether oxygens (including phenoxy) is 1. The number of hydrogen-bond donors (Lipinski definition) is 1. The first kappa shape index (κ1) is 27.6. The van der Waals surface area contributed by atoms with Gasteiger partial charge in [0, 0.05) is 29.7 Å². The van der Waals surface area contributed by atoms with Crippen molar-refractivity contribution in [1.29, 1.82) is 0 Å². The van der Waals surface area contributed by atoms with E-state index >= 15 is 0 Å². The smallest absolute Gasteiger partial charge is 0.434 e. The Labute approximate surface area is 208 Å². The zero-order valence-electron chi connectivity index (χ0n) is 18.6. The lowest BCUT2D eigenvalue weighted by molar-refractivity contribution is -0.314. The lowest BCUT2D eigenvalue weighted by Gasteiger charge is -2.42. The molecule has 1 fully saturated rings. The molecule has 0 saturated carbocycles. The van der Waals surface area contributed by atoms with Crippen LogP contribution in [-0.4, -0.2) is 55.0 Å². The van der Waals surface area contributed by atoms with Gasteiger partial charge < -0.3 is 10.1 Å². The minimum absolute atomic E-state index is 0.150. The number of carbonyl (C=O) groups excluding carboxylic acids is 1. The molecule has 1 aliphatic heterocycles. The normalized spacial score (nSPS) is 17.8. The van der Waals surface area contributed by atoms with Crippen LogP contribution in [0.15, 0.2) is 36.4 Å². The summed E-state index contributed by atoms with van der Waals surface area (Å²) < 4.78 is 82.4. The molecule has 0 amide bonds. The van der Waals surface area contributed by atoms with Crippen molar-refractivity contribution in [2.75, 3.05) is 19.6 Å². The molecule has 3 rings (SSSR count). The van der Waals surface area contributed by atoms with Crippen molar-refractivity contribution >= 4 is 29.2 Å². The van der Waals surface area contributed by atoms with E-state index in [4.69, 9.17) is 23.2 Å². The van der Waals surface area contributed by atoms with Crippen LogP contribution in [0.2, 0.25) is 10.0 Å². The molecule has 1 saturated heterocycles. The van der Waals surface area contributed by atoms with E-state index in [1.54, 1.807) is 55.1 Å². The molecule has 1 N–H and O–H groups in total. The van der Waals surface area contributed by atoms with Gasteiger partial charge in [-0.25, -0.2) is 0 Å². The predicted octanol–water partition coefficient (Wildman–Crippen LogP) is 6.01. The minimum atomic E-state index is -5.81. The number of alkyl halides is 6. The third kappa shape index (κ3) is 6.41. The zero-order chi connectivity index (χ0) is 26.1. The molecule has 12 heteroatoms. The molecular weight excluding hydrogens is 521 g/mol. The van der Waals surface area contributed by atoms with Crippen LogP contribution in [0.3, 0.4) is 0 Å². The molecule has 0 spiro atoms. The van der Waals surface area contributed by atoms with E-state index in [1.807, 2.05) is 0 Å². The van der Waals surface area contributed by atoms with Crippen LogP contribution in [0.4, 0.5) is 26.3 Å². The summed E-state index contributed by atoms with van der Waals surface area (Å²) in [6.45, 7) is 3.85. The third-order valence-corrected chi connectivity index (χ3v) is 6.24. The predicted molar refractivity (Wildman–Crippen MR) is 120 cm³/mol. The lowest BCUT2D eigenvalue weighted by Crippen LogP contribution is -2.58. The van der Waals surface area contributed by atoms with Gasteiger partial charge >= 0.3 is 18.3 Å². The van der Waals surface area contributed by atoms with E-state index in [9.17, 15) is 31.1 Å². The van der Waals surface area contributed by atoms with Gasteiger partial charge in [-0.2, -0.15) is 26.3 Å². The molecule has 192 valence electrons. The van der Waals surface area contributed by atoms with E-state index in [2.05, 4.69) is 10.1 Å². The van der Waals surface area contributed by atoms with Crippen LogP contribution in [0, 0.1) is 13.8 Å². The number of piperazine rings is 1. The van der Waals surface area contributed by atoms with Gasteiger partial charge in [-0.15, -0.1) is 0 Å². The fourth-order valence-electron chi connectivity index (χ4n) is 4.18. The maximum Gasteiger partial charge on any atom is 0.434 e. The Morgan fingerprint density at radius 1 is 0.971 bits per heavy atom. The first-order valence-electron chi connectivity index (χ1n) is 10.5. The SMILES string of the molecule is Cc1cc(Cl)ccc1C(c1ccc(Cl)cc1C)N1CCNCC1C(=O)OC(C(F)(F)F)C(F)(F)F. The van der Waals surface area contributed by atoms with Crippen LogP contribution in [0.25, 0.3) is 0 Å². The molecule has 0 aliphatic carbocycles. The molecule has 35 heavy (non-hydrogen) atoms. The van der Waals surface area contributed by atoms with Gasteiger partial charge in [0.25, 0.3) is 6.10 Å². The number of benzene rings is 2. The molecule has 1 heterocycles. The second-order valence-electron chi connectivity index (χ2n) is 8.26. The Balaban J connectivity index is 2.08. The fraction of sp³-hybridized carbons (Fsp3) is 0.435. The van der Waals surface area contributed by atoms with Gasteiger partial charge in [-0.05, 0) is 60.4 Å². The molecule has 1 atom stereocenters. The van der Waals surface area contributed by atoms with Crippen molar-refractivity contribution < 1.29 is 35.9 Å². The largest absolute Gasteiger partial charge is 0.442 e. The Kier molecular flexibility index (Phi) is 8.30. The topological polar surface area (TPSA) is 41.6 Å². The summed E-state index contributed by atoms with van der Waals surface area (Å²) in [5, 5.41) is 3.76. The maximum absolute atomic E-state index is 13.1. The van der Waals surface area contributed by atoms with Crippen LogP contribution < -0.4 is 5.32 Å². The van der Waals surface area contributed by atoms with E-state index in [1.165, 1.54) is 0 Å². The standard InChI is InChI=1S/C23H22Cl2F6N2O2/c1-12-9-14(24)3-5-16(12)19(17-6-4-15(25)10-13(17)2)33-8-7-32-11-18(33)20(34)35-21(22(26,27)28)23(29,30)31/h3-6,9-10,18-19,21,32H,7-8,11H2,1-2H3. The van der Waals surface area contributed by atoms with Crippen molar-refractivity contribution in [3.8, 4) is 0 Å². The molecule has 4 nitrogen and oxygen atoms in total. The number of nitrogens with zero attached hydrogens (tertiary/aromatic N) is 1. The summed E-state index contributed by atoms with van der Waals surface area (Å²) in [6.07, 6.45) is -15.8. The number of esters is 1. The molecule has 1 aliphatic rings. The van der Waals surface area contributed by atoms with Crippen molar-refractivity contribution in [2.24, 2.45) is 0 Å². The lowest BCUT2D eigenvalue weighted by atomic mass is 9.89. The van der Waals surface area contributed by atoms with E-state index in [-0.39, 0.29) is 13.1 Å². The average molecular weight is 543 g/mol. The summed E-state index contributed by atoms with van der Waals surface area (Å²) in [7, 11) is 0. The number of hydrogen-bond acceptors (Lipinski definition) is 4. The average Bonchev–Trinajstić information content (AvgIpc) is 2.73. The van der Waals surface area contributed by atoms with Crippen LogP contribution in [0.1, 0.15) is 28.3 Å². The van der Waals surface area contributed by atoms with Crippen molar-refractivity contribution in [1.82, 2.24) is 10.2 Å². The molecular formula is C23H22Cl2F6N2O2. The van der Waals surface area contributed by atoms with E-state index in [0.29, 0.717) is 27.7 Å². The number of aryl methyl sites for hydroxylation is 2. The van der Waals surface area contributed by atoms with E-state index < -0.39 is 36.5 Å². The highest BCUT2D eigenvalue weighted by molar-refractivity contribution is 6.31. The van der Waals surface area contributed by atoms with Gasteiger partial charge in [-0.1, -0.05) is 35.3 Å². The van der Waals surface area contributed by atoms with Crippen LogP contribution in [-0.2, 0) is 9.53 Å². The zero-order valence-corrected chi connectivity index (χ0v) is 20.1. The second kappa shape index (κ2) is 10.5. The Bertz CT molecular complexity index is 1010. The van der Waals surface area contributed by atoms with Gasteiger partial charge in [0.2, 0.25) is 0 Å². The molecule has 0 radical (unpaired) electrons. The number of nitrogens with one attached hydrogen (secondary N) is 1. The minimum Gasteiger partial charge on any atom is -0.442 e. The number of rotatable bonds is 5.